The minimum atomic E-state index is 0.162. The highest BCUT2D eigenvalue weighted by Gasteiger charge is 2.13. The van der Waals surface area contributed by atoms with Gasteiger partial charge < -0.3 is 10.6 Å². The molecule has 1 heterocycles. The minimum Gasteiger partial charge on any atom is -0.356 e. The van der Waals surface area contributed by atoms with Crippen molar-refractivity contribution in [3.05, 3.63) is 28.7 Å². The minimum absolute atomic E-state index is 0.162. The van der Waals surface area contributed by atoms with E-state index in [4.69, 9.17) is 0 Å². The number of benzene rings is 1. The van der Waals surface area contributed by atoms with E-state index in [2.05, 4.69) is 32.6 Å². The predicted molar refractivity (Wildman–Crippen MR) is 88.1 cm³/mol. The van der Waals surface area contributed by atoms with Crippen molar-refractivity contribution in [3.8, 4) is 0 Å². The molecule has 1 amide bonds. The van der Waals surface area contributed by atoms with E-state index in [9.17, 15) is 4.79 Å². The number of rotatable bonds is 6. The van der Waals surface area contributed by atoms with Gasteiger partial charge in [0.1, 0.15) is 0 Å². The van der Waals surface area contributed by atoms with Gasteiger partial charge in [-0.3, -0.25) is 4.79 Å². The van der Waals surface area contributed by atoms with Crippen LogP contribution in [0.5, 0.6) is 0 Å². The zero-order valence-electron chi connectivity index (χ0n) is 11.5. The zero-order valence-corrected chi connectivity index (χ0v) is 13.9. The highest BCUT2D eigenvalue weighted by Crippen LogP contribution is 2.27. The van der Waals surface area contributed by atoms with Crippen LogP contribution in [-0.2, 0) is 4.79 Å². The molecular weight excluding hydrogens is 336 g/mol. The van der Waals surface area contributed by atoms with Crippen LogP contribution in [0.1, 0.15) is 19.3 Å². The van der Waals surface area contributed by atoms with E-state index in [0.717, 1.165) is 29.9 Å². The Morgan fingerprint density at radius 3 is 3.05 bits per heavy atom. The predicted octanol–water partition coefficient (Wildman–Crippen LogP) is 3.05. The second kappa shape index (κ2) is 8.70. The molecule has 0 aliphatic carbocycles. The lowest BCUT2D eigenvalue weighted by Gasteiger charge is -2.22. The van der Waals surface area contributed by atoms with Gasteiger partial charge in [-0.1, -0.05) is 12.1 Å². The van der Waals surface area contributed by atoms with E-state index in [1.54, 1.807) is 11.8 Å². The van der Waals surface area contributed by atoms with E-state index < -0.39 is 0 Å². The molecule has 1 fully saturated rings. The van der Waals surface area contributed by atoms with Crippen molar-refractivity contribution >= 4 is 33.6 Å². The van der Waals surface area contributed by atoms with Crippen LogP contribution in [0.25, 0.3) is 0 Å². The van der Waals surface area contributed by atoms with Gasteiger partial charge in [0.15, 0.2) is 0 Å². The molecule has 1 unspecified atom stereocenters. The van der Waals surface area contributed by atoms with Crippen LogP contribution in [0, 0.1) is 5.92 Å². The molecule has 0 radical (unpaired) electrons. The highest BCUT2D eigenvalue weighted by molar-refractivity contribution is 9.10. The molecular formula is C15H21BrN2OS. The Labute approximate surface area is 133 Å². The van der Waals surface area contributed by atoms with E-state index >= 15 is 0 Å². The highest BCUT2D eigenvalue weighted by atomic mass is 79.9. The molecule has 2 N–H and O–H groups in total. The Morgan fingerprint density at radius 1 is 1.45 bits per heavy atom. The standard InChI is InChI=1S/C15H21BrN2OS/c16-13-5-1-2-6-14(13)20-9-7-15(19)18-11-12-4-3-8-17-10-12/h1-2,5-6,12,17H,3-4,7-11H2,(H,18,19). The fraction of sp³-hybridized carbons (Fsp3) is 0.533. The molecule has 2 rings (SSSR count). The third kappa shape index (κ3) is 5.46. The largest absolute Gasteiger partial charge is 0.356 e. The van der Waals surface area contributed by atoms with Crippen LogP contribution in [0.2, 0.25) is 0 Å². The number of piperidine rings is 1. The summed E-state index contributed by atoms with van der Waals surface area (Å²) < 4.78 is 1.10. The van der Waals surface area contributed by atoms with Crippen molar-refractivity contribution in [2.45, 2.75) is 24.2 Å². The number of hydrogen-bond acceptors (Lipinski definition) is 3. The molecule has 0 spiro atoms. The smallest absolute Gasteiger partial charge is 0.220 e. The molecule has 3 nitrogen and oxygen atoms in total. The summed E-state index contributed by atoms with van der Waals surface area (Å²) in [7, 11) is 0. The van der Waals surface area contributed by atoms with Crippen LogP contribution in [-0.4, -0.2) is 31.3 Å². The monoisotopic (exact) mass is 356 g/mol. The summed E-state index contributed by atoms with van der Waals surface area (Å²) >= 11 is 5.23. The molecule has 1 aromatic carbocycles. The van der Waals surface area contributed by atoms with Crippen LogP contribution >= 0.6 is 27.7 Å². The first-order valence-electron chi connectivity index (χ1n) is 7.10. The van der Waals surface area contributed by atoms with Crippen LogP contribution in [0.4, 0.5) is 0 Å². The Hall–Kier alpha value is -0.520. The van der Waals surface area contributed by atoms with Gasteiger partial charge in [0, 0.05) is 28.1 Å². The molecule has 1 atom stereocenters. The average molecular weight is 357 g/mol. The number of carbonyl (C=O) groups excluding carboxylic acids is 1. The Morgan fingerprint density at radius 2 is 2.30 bits per heavy atom. The van der Waals surface area contributed by atoms with Gasteiger partial charge in [-0.15, -0.1) is 11.8 Å². The van der Waals surface area contributed by atoms with Gasteiger partial charge in [-0.05, 0) is 59.9 Å². The molecule has 20 heavy (non-hydrogen) atoms. The lowest BCUT2D eigenvalue weighted by molar-refractivity contribution is -0.120. The van der Waals surface area contributed by atoms with Gasteiger partial charge in [0.2, 0.25) is 5.91 Å². The van der Waals surface area contributed by atoms with Gasteiger partial charge >= 0.3 is 0 Å². The summed E-state index contributed by atoms with van der Waals surface area (Å²) in [4.78, 5) is 13.0. The van der Waals surface area contributed by atoms with E-state index in [0.29, 0.717) is 12.3 Å². The van der Waals surface area contributed by atoms with Gasteiger partial charge in [-0.25, -0.2) is 0 Å². The molecule has 0 aromatic heterocycles. The van der Waals surface area contributed by atoms with Crippen LogP contribution < -0.4 is 10.6 Å². The number of nitrogens with one attached hydrogen (secondary N) is 2. The quantitative estimate of drug-likeness (QED) is 0.769. The lowest BCUT2D eigenvalue weighted by atomic mass is 10.00. The normalized spacial score (nSPS) is 18.8. The molecule has 1 aliphatic rings. The summed E-state index contributed by atoms with van der Waals surface area (Å²) in [5.74, 6) is 1.58. The van der Waals surface area contributed by atoms with E-state index in [1.165, 1.54) is 17.7 Å². The second-order valence-corrected chi connectivity index (χ2v) is 7.04. The number of amides is 1. The first kappa shape index (κ1) is 15.9. The van der Waals surface area contributed by atoms with Gasteiger partial charge in [0.05, 0.1) is 0 Å². The summed E-state index contributed by atoms with van der Waals surface area (Å²) in [6.45, 7) is 2.96. The Kier molecular flexibility index (Phi) is 6.90. The number of hydrogen-bond donors (Lipinski definition) is 2. The molecule has 110 valence electrons. The van der Waals surface area contributed by atoms with Crippen molar-refractivity contribution in [1.29, 1.82) is 0 Å². The van der Waals surface area contributed by atoms with Gasteiger partial charge in [-0.2, -0.15) is 0 Å². The SMILES string of the molecule is O=C(CCSc1ccccc1Br)NCC1CCCNC1. The van der Waals surface area contributed by atoms with Crippen molar-refractivity contribution < 1.29 is 4.79 Å². The molecule has 1 saturated heterocycles. The molecule has 1 aromatic rings. The Balaban J connectivity index is 1.61. The average Bonchev–Trinajstić information content (AvgIpc) is 2.48. The lowest BCUT2D eigenvalue weighted by Crippen LogP contribution is -2.38. The first-order chi connectivity index (χ1) is 9.75. The maximum absolute atomic E-state index is 11.8. The summed E-state index contributed by atoms with van der Waals surface area (Å²) in [5.41, 5.74) is 0. The topological polar surface area (TPSA) is 41.1 Å². The van der Waals surface area contributed by atoms with Crippen LogP contribution in [0.3, 0.4) is 0 Å². The summed E-state index contributed by atoms with van der Waals surface area (Å²) in [5, 5.41) is 6.42. The molecule has 1 aliphatic heterocycles. The maximum atomic E-state index is 11.8. The number of thioether (sulfide) groups is 1. The number of carbonyl (C=O) groups is 1. The van der Waals surface area contributed by atoms with Gasteiger partial charge in [0.25, 0.3) is 0 Å². The fourth-order valence-electron chi connectivity index (χ4n) is 2.26. The van der Waals surface area contributed by atoms with Crippen molar-refractivity contribution in [2.24, 2.45) is 5.92 Å². The third-order valence-corrected chi connectivity index (χ3v) is 5.44. The van der Waals surface area contributed by atoms with Crippen molar-refractivity contribution in [3.63, 3.8) is 0 Å². The van der Waals surface area contributed by atoms with Crippen molar-refractivity contribution in [1.82, 2.24) is 10.6 Å². The molecule has 0 saturated carbocycles. The van der Waals surface area contributed by atoms with Crippen LogP contribution in [0.15, 0.2) is 33.6 Å². The maximum Gasteiger partial charge on any atom is 0.220 e. The number of halogens is 1. The summed E-state index contributed by atoms with van der Waals surface area (Å²) in [6, 6.07) is 8.11. The van der Waals surface area contributed by atoms with E-state index in [-0.39, 0.29) is 5.91 Å². The third-order valence-electron chi connectivity index (χ3n) is 3.41. The fourth-order valence-corrected chi connectivity index (χ4v) is 3.78. The van der Waals surface area contributed by atoms with E-state index in [1.807, 2.05) is 18.2 Å². The first-order valence-corrected chi connectivity index (χ1v) is 8.88. The molecule has 5 heteroatoms. The Bertz CT molecular complexity index is 436. The van der Waals surface area contributed by atoms with Crippen molar-refractivity contribution in [2.75, 3.05) is 25.4 Å². The zero-order chi connectivity index (χ0) is 14.2. The summed E-state index contributed by atoms with van der Waals surface area (Å²) in [6.07, 6.45) is 3.02. The second-order valence-electron chi connectivity index (χ2n) is 5.05. The molecule has 0 bridgehead atoms.